The molecule has 0 saturated heterocycles. The fourth-order valence-electron chi connectivity index (χ4n) is 6.00. The predicted molar refractivity (Wildman–Crippen MR) is 213 cm³/mol. The van der Waals surface area contributed by atoms with Crippen molar-refractivity contribution in [1.29, 1.82) is 0 Å². The van der Waals surface area contributed by atoms with Crippen LogP contribution in [-0.4, -0.2) is 107 Å². The lowest BCUT2D eigenvalue weighted by Gasteiger charge is -2.27. The molecule has 20 nitrogen and oxygen atoms in total. The van der Waals surface area contributed by atoms with Gasteiger partial charge in [0.2, 0.25) is 47.3 Å². The number of fused-ring (bicyclic) bond motifs is 1. The Kier molecular flexibility index (Phi) is 18.0. The number of hydrogen-bond donors (Lipinski definition) is 11. The average Bonchev–Trinajstić information content (AvgIpc) is 3.61. The number of carbonyl (C=O) groups is 9. The van der Waals surface area contributed by atoms with Crippen LogP contribution in [0.4, 0.5) is 0 Å². The van der Waals surface area contributed by atoms with E-state index in [-0.39, 0.29) is 19.3 Å². The molecule has 0 saturated carbocycles. The summed E-state index contributed by atoms with van der Waals surface area (Å²) >= 11 is 0. The second-order valence-electron chi connectivity index (χ2n) is 13.9. The number of amides is 8. The number of aromatic amines is 1. The highest BCUT2D eigenvalue weighted by atomic mass is 16.4. The molecule has 0 aliphatic carbocycles. The quantitative estimate of drug-likeness (QED) is 0.0458. The zero-order chi connectivity index (χ0) is 43.6. The Balaban J connectivity index is 1.98. The van der Waals surface area contributed by atoms with Crippen molar-refractivity contribution in [2.75, 3.05) is 13.1 Å². The third-order valence-electron chi connectivity index (χ3n) is 9.43. The molecule has 0 unspecified atom stereocenters. The minimum absolute atomic E-state index is 0.0564. The highest BCUT2D eigenvalue weighted by Gasteiger charge is 2.34. The van der Waals surface area contributed by atoms with Crippen LogP contribution < -0.4 is 49.1 Å². The van der Waals surface area contributed by atoms with E-state index in [1.807, 2.05) is 0 Å². The number of carbonyl (C=O) groups excluding carboxylic acids is 8. The molecular weight excluding hydrogens is 768 g/mol. The maximum Gasteiger partial charge on any atom is 0.326 e. The molecule has 0 fully saturated rings. The molecule has 3 rings (SSSR count). The summed E-state index contributed by atoms with van der Waals surface area (Å²) in [5.41, 5.74) is 17.8. The number of H-pyrrole nitrogens is 1. The lowest BCUT2D eigenvalue weighted by molar-refractivity contribution is -0.144. The van der Waals surface area contributed by atoms with Gasteiger partial charge in [0, 0.05) is 36.4 Å². The van der Waals surface area contributed by atoms with E-state index >= 15 is 0 Å². The number of primary amides is 2. The molecule has 0 radical (unpaired) electrons. The summed E-state index contributed by atoms with van der Waals surface area (Å²) < 4.78 is 0. The maximum absolute atomic E-state index is 14.3. The number of para-hydroxylation sites is 1. The first-order valence-electron chi connectivity index (χ1n) is 18.9. The van der Waals surface area contributed by atoms with Crippen LogP contribution in [0.25, 0.3) is 10.9 Å². The first-order chi connectivity index (χ1) is 28.0. The third kappa shape index (κ3) is 14.9. The number of aromatic nitrogens is 1. The van der Waals surface area contributed by atoms with Crippen LogP contribution in [0.5, 0.6) is 0 Å². The van der Waals surface area contributed by atoms with Gasteiger partial charge in [-0.3, -0.25) is 38.4 Å². The zero-order valence-electron chi connectivity index (χ0n) is 32.7. The molecular formula is C39H52N10O10. The highest BCUT2D eigenvalue weighted by Crippen LogP contribution is 2.20. The van der Waals surface area contributed by atoms with Gasteiger partial charge in [-0.1, -0.05) is 68.8 Å². The van der Waals surface area contributed by atoms with E-state index in [4.69, 9.17) is 17.2 Å². The molecule has 0 bridgehead atoms. The molecule has 8 amide bonds. The third-order valence-corrected chi connectivity index (χ3v) is 9.43. The van der Waals surface area contributed by atoms with Gasteiger partial charge in [-0.25, -0.2) is 4.79 Å². The van der Waals surface area contributed by atoms with Gasteiger partial charge in [-0.15, -0.1) is 0 Å². The lowest BCUT2D eigenvalue weighted by Crippen LogP contribution is -2.60. The van der Waals surface area contributed by atoms with Gasteiger partial charge in [0.25, 0.3) is 0 Å². The molecule has 0 aliphatic rings. The van der Waals surface area contributed by atoms with Crippen molar-refractivity contribution in [2.24, 2.45) is 23.1 Å². The van der Waals surface area contributed by atoms with Gasteiger partial charge in [-0.2, -0.15) is 0 Å². The van der Waals surface area contributed by atoms with Crippen molar-refractivity contribution in [3.05, 3.63) is 71.9 Å². The standard InChI is InChI=1S/C39H52N10O10/c1-3-21(2)34(39(58)59)49-38(57)27(15-22-9-5-4-6-10-22)47-36(55)28(16-23-19-43-25-12-8-7-11-24(23)25)48-35(54)26(13-14-30(41)50)46-37(56)29(17-31(42)51)45-33(53)20-44-32(52)18-40/h4-12,19,21,26-29,34,43H,3,13-18,20,40H2,1-2H3,(H2,41,50)(H2,42,51)(H,44,52)(H,45,53)(H,46,56)(H,47,55)(H,48,54)(H,49,57)(H,58,59)/t21-,26-,27-,28-,29-,34-/m0/s1. The fraction of sp³-hybridized carbons (Fsp3) is 0.410. The van der Waals surface area contributed by atoms with Crippen molar-refractivity contribution < 1.29 is 48.3 Å². The van der Waals surface area contributed by atoms with Gasteiger partial charge < -0.3 is 59.2 Å². The Morgan fingerprint density at radius 2 is 1.27 bits per heavy atom. The van der Waals surface area contributed by atoms with Gasteiger partial charge in [0.15, 0.2) is 0 Å². The summed E-state index contributed by atoms with van der Waals surface area (Å²) in [6.45, 7) is 2.41. The highest BCUT2D eigenvalue weighted by molar-refractivity contribution is 5.98. The molecule has 0 aliphatic heterocycles. The van der Waals surface area contributed by atoms with Crippen LogP contribution in [0.1, 0.15) is 50.7 Å². The summed E-state index contributed by atoms with van der Waals surface area (Å²) in [4.78, 5) is 119. The second-order valence-corrected chi connectivity index (χ2v) is 13.9. The smallest absolute Gasteiger partial charge is 0.326 e. The first-order valence-corrected chi connectivity index (χ1v) is 18.9. The minimum atomic E-state index is -1.63. The van der Waals surface area contributed by atoms with E-state index in [1.54, 1.807) is 74.6 Å². The fourth-order valence-corrected chi connectivity index (χ4v) is 6.00. The Hall–Kier alpha value is -6.83. The molecule has 318 valence electrons. The topological polar surface area (TPSA) is 340 Å². The molecule has 59 heavy (non-hydrogen) atoms. The number of hydrogen-bond acceptors (Lipinski definition) is 10. The van der Waals surface area contributed by atoms with E-state index in [1.165, 1.54) is 0 Å². The first kappa shape index (κ1) is 46.6. The van der Waals surface area contributed by atoms with Gasteiger partial charge in [0.1, 0.15) is 30.2 Å². The van der Waals surface area contributed by atoms with Crippen molar-refractivity contribution >= 4 is 64.1 Å². The van der Waals surface area contributed by atoms with Gasteiger partial charge in [0.05, 0.1) is 19.5 Å². The number of carboxylic acid groups (broad SMARTS) is 1. The largest absolute Gasteiger partial charge is 0.480 e. The van der Waals surface area contributed by atoms with Crippen LogP contribution in [0.2, 0.25) is 0 Å². The SMILES string of the molecule is CC[C@H](C)[C@H](NC(=O)[C@H](Cc1ccccc1)NC(=O)[C@H](Cc1c[nH]c2ccccc12)NC(=O)[C@H](CCC(N)=O)NC(=O)[C@H](CC(N)=O)NC(=O)CNC(=O)CN)C(=O)O. The van der Waals surface area contributed by atoms with Crippen LogP contribution in [-0.2, 0) is 56.0 Å². The van der Waals surface area contributed by atoms with E-state index < -0.39 is 115 Å². The van der Waals surface area contributed by atoms with Crippen LogP contribution in [0.15, 0.2) is 60.8 Å². The number of nitrogens with two attached hydrogens (primary N) is 3. The molecule has 1 heterocycles. The Morgan fingerprint density at radius 3 is 1.88 bits per heavy atom. The molecule has 1 aromatic heterocycles. The van der Waals surface area contributed by atoms with Crippen LogP contribution in [0, 0.1) is 5.92 Å². The summed E-state index contributed by atoms with van der Waals surface area (Å²) in [5.74, 6) is -8.82. The lowest BCUT2D eigenvalue weighted by atomic mass is 9.97. The van der Waals surface area contributed by atoms with Crippen molar-refractivity contribution in [1.82, 2.24) is 36.9 Å². The van der Waals surface area contributed by atoms with Crippen molar-refractivity contribution in [2.45, 2.75) is 82.6 Å². The number of carboxylic acids is 1. The van der Waals surface area contributed by atoms with Crippen LogP contribution in [0.3, 0.4) is 0 Å². The monoisotopic (exact) mass is 820 g/mol. The van der Waals surface area contributed by atoms with E-state index in [2.05, 4.69) is 36.9 Å². The summed E-state index contributed by atoms with van der Waals surface area (Å²) in [5, 5.41) is 25.3. The van der Waals surface area contributed by atoms with Gasteiger partial charge >= 0.3 is 5.97 Å². The Bertz CT molecular complexity index is 1990. The molecule has 2 aromatic carbocycles. The van der Waals surface area contributed by atoms with E-state index in [0.717, 1.165) is 5.52 Å². The second kappa shape index (κ2) is 22.8. The summed E-state index contributed by atoms with van der Waals surface area (Å²) in [6.07, 6.45) is 0.328. The number of nitrogens with one attached hydrogen (secondary N) is 7. The normalized spacial score (nSPS) is 13.9. The molecule has 3 aromatic rings. The number of rotatable bonds is 24. The Labute approximate surface area is 339 Å². The van der Waals surface area contributed by atoms with Crippen molar-refractivity contribution in [3.63, 3.8) is 0 Å². The van der Waals surface area contributed by atoms with Crippen molar-refractivity contribution in [3.8, 4) is 0 Å². The maximum atomic E-state index is 14.3. The number of benzene rings is 2. The summed E-state index contributed by atoms with van der Waals surface area (Å²) in [6, 6.07) is 8.55. The van der Waals surface area contributed by atoms with E-state index in [0.29, 0.717) is 22.9 Å². The molecule has 6 atom stereocenters. The minimum Gasteiger partial charge on any atom is -0.480 e. The number of aliphatic carboxylic acids is 1. The predicted octanol–water partition coefficient (Wildman–Crippen LogP) is -2.28. The van der Waals surface area contributed by atoms with E-state index in [9.17, 15) is 48.3 Å². The molecule has 20 heteroatoms. The van der Waals surface area contributed by atoms with Crippen LogP contribution >= 0.6 is 0 Å². The molecule has 0 spiro atoms. The molecule has 14 N–H and O–H groups in total. The average molecular weight is 821 g/mol. The summed E-state index contributed by atoms with van der Waals surface area (Å²) in [7, 11) is 0. The Morgan fingerprint density at radius 1 is 0.695 bits per heavy atom. The zero-order valence-corrected chi connectivity index (χ0v) is 32.7. The van der Waals surface area contributed by atoms with Gasteiger partial charge in [-0.05, 0) is 29.5 Å².